The molecule has 0 aromatic heterocycles. The van der Waals surface area contributed by atoms with Crippen LogP contribution in [-0.2, 0) is 14.8 Å². The summed E-state index contributed by atoms with van der Waals surface area (Å²) in [7, 11) is -3.71. The third kappa shape index (κ3) is 3.42. The van der Waals surface area contributed by atoms with Gasteiger partial charge in [-0.05, 0) is 19.4 Å². The fourth-order valence-corrected chi connectivity index (χ4v) is 2.13. The molecule has 1 N–H and O–H groups in total. The highest BCUT2D eigenvalue weighted by Gasteiger charge is 2.17. The van der Waals surface area contributed by atoms with Crippen molar-refractivity contribution in [2.24, 2.45) is 0 Å². The summed E-state index contributed by atoms with van der Waals surface area (Å²) in [4.78, 5) is 10.6. The number of allylic oxidation sites excluding steroid dienone is 2. The highest BCUT2D eigenvalue weighted by Crippen LogP contribution is 2.12. The van der Waals surface area contributed by atoms with Gasteiger partial charge in [0.1, 0.15) is 0 Å². The van der Waals surface area contributed by atoms with Crippen LogP contribution in [0, 0.1) is 0 Å². The molecule has 0 bridgehead atoms. The van der Waals surface area contributed by atoms with Gasteiger partial charge in [-0.2, -0.15) is 0 Å². The lowest BCUT2D eigenvalue weighted by Crippen LogP contribution is -2.29. The molecule has 0 radical (unpaired) electrons. The molecule has 0 saturated carbocycles. The van der Waals surface area contributed by atoms with Crippen LogP contribution in [-0.4, -0.2) is 14.3 Å². The zero-order valence-corrected chi connectivity index (χ0v) is 8.73. The summed E-state index contributed by atoms with van der Waals surface area (Å²) in [6.45, 7) is 7.78. The summed E-state index contributed by atoms with van der Waals surface area (Å²) in [6, 6.07) is 0. The zero-order valence-electron chi connectivity index (χ0n) is 7.92. The van der Waals surface area contributed by atoms with Gasteiger partial charge in [0.25, 0.3) is 10.0 Å². The first-order valence-electron chi connectivity index (χ1n) is 3.67. The summed E-state index contributed by atoms with van der Waals surface area (Å²) < 4.78 is 24.6. The van der Waals surface area contributed by atoms with Gasteiger partial charge in [-0.3, -0.25) is 4.79 Å². The molecule has 0 rings (SSSR count). The van der Waals surface area contributed by atoms with E-state index in [0.29, 0.717) is 5.57 Å². The van der Waals surface area contributed by atoms with Gasteiger partial charge in [-0.15, -0.1) is 0 Å². The van der Waals surface area contributed by atoms with Crippen molar-refractivity contribution in [3.05, 3.63) is 23.1 Å². The maximum Gasteiger partial charge on any atom is 0.263 e. The van der Waals surface area contributed by atoms with Crippen molar-refractivity contribution >= 4 is 15.9 Å². The summed E-state index contributed by atoms with van der Waals surface area (Å²) in [5.74, 6) is -0.611. The summed E-state index contributed by atoms with van der Waals surface area (Å²) >= 11 is 0. The van der Waals surface area contributed by atoms with Crippen LogP contribution in [0.25, 0.3) is 0 Å². The van der Waals surface area contributed by atoms with Gasteiger partial charge in [0.2, 0.25) is 5.91 Å². The Hall–Kier alpha value is -1.10. The van der Waals surface area contributed by atoms with E-state index >= 15 is 0 Å². The van der Waals surface area contributed by atoms with Crippen molar-refractivity contribution in [2.75, 3.05) is 0 Å². The number of amides is 1. The van der Waals surface area contributed by atoms with Crippen molar-refractivity contribution < 1.29 is 13.2 Å². The molecule has 5 heteroatoms. The van der Waals surface area contributed by atoms with E-state index < -0.39 is 15.9 Å². The molecule has 13 heavy (non-hydrogen) atoms. The average Bonchev–Trinajstić information content (AvgIpc) is 1.82. The van der Waals surface area contributed by atoms with Gasteiger partial charge < -0.3 is 0 Å². The molecule has 4 nitrogen and oxygen atoms in total. The van der Waals surface area contributed by atoms with E-state index in [1.54, 1.807) is 13.8 Å². The monoisotopic (exact) mass is 203 g/mol. The molecular weight excluding hydrogens is 190 g/mol. The second-order valence-corrected chi connectivity index (χ2v) is 4.25. The molecule has 0 unspecified atom stereocenters. The van der Waals surface area contributed by atoms with Gasteiger partial charge in [-0.1, -0.05) is 12.7 Å². The Kier molecular flexibility index (Phi) is 3.87. The molecule has 1 amide bonds. The summed E-state index contributed by atoms with van der Waals surface area (Å²) in [5, 5.41) is 0. The predicted molar refractivity (Wildman–Crippen MR) is 51.3 cm³/mol. The maximum atomic E-state index is 11.4. The number of carbonyl (C=O) groups excluding carboxylic acids is 1. The highest BCUT2D eigenvalue weighted by atomic mass is 32.2. The van der Waals surface area contributed by atoms with Crippen LogP contribution in [0.5, 0.6) is 0 Å². The molecule has 0 fully saturated rings. The largest absolute Gasteiger partial charge is 0.274 e. The maximum absolute atomic E-state index is 11.4. The Bertz CT molecular complexity index is 352. The molecule has 74 valence electrons. The SMILES string of the molecule is C=C(C)/C(=C\C)S(=O)(=O)NC(C)=O. The fraction of sp³-hybridized carbons (Fsp3) is 0.375. The average molecular weight is 203 g/mol. The van der Waals surface area contributed by atoms with Gasteiger partial charge in [0.05, 0.1) is 4.91 Å². The minimum absolute atomic E-state index is 0.0442. The molecule has 0 aromatic carbocycles. The van der Waals surface area contributed by atoms with Gasteiger partial charge in [-0.25, -0.2) is 13.1 Å². The van der Waals surface area contributed by atoms with Crippen LogP contribution in [0.4, 0.5) is 0 Å². The van der Waals surface area contributed by atoms with Gasteiger partial charge >= 0.3 is 0 Å². The number of sulfonamides is 1. The van der Waals surface area contributed by atoms with Crippen molar-refractivity contribution in [3.8, 4) is 0 Å². The molecule has 0 spiro atoms. The third-order valence-electron chi connectivity index (χ3n) is 1.25. The van der Waals surface area contributed by atoms with E-state index in [9.17, 15) is 13.2 Å². The molecule has 0 heterocycles. The van der Waals surface area contributed by atoms with Crippen molar-refractivity contribution in [1.29, 1.82) is 0 Å². The molecule has 0 aliphatic heterocycles. The van der Waals surface area contributed by atoms with E-state index in [4.69, 9.17) is 0 Å². The molecule has 0 aliphatic carbocycles. The van der Waals surface area contributed by atoms with Crippen LogP contribution in [0.3, 0.4) is 0 Å². The molecule has 0 saturated heterocycles. The lowest BCUT2D eigenvalue weighted by Gasteiger charge is -2.07. The number of hydrogen-bond acceptors (Lipinski definition) is 3. The smallest absolute Gasteiger partial charge is 0.263 e. The van der Waals surface area contributed by atoms with Crippen LogP contribution in [0.1, 0.15) is 20.8 Å². The summed E-state index contributed by atoms with van der Waals surface area (Å²) in [5.41, 5.74) is 0.399. The molecule has 0 aliphatic rings. The Morgan fingerprint density at radius 3 is 2.08 bits per heavy atom. The fourth-order valence-electron chi connectivity index (χ4n) is 0.875. The van der Waals surface area contributed by atoms with Crippen LogP contribution in [0.15, 0.2) is 23.1 Å². The topological polar surface area (TPSA) is 63.2 Å². The Morgan fingerprint density at radius 2 is 1.85 bits per heavy atom. The second kappa shape index (κ2) is 4.23. The summed E-state index contributed by atoms with van der Waals surface area (Å²) in [6.07, 6.45) is 1.40. The van der Waals surface area contributed by atoms with E-state index in [2.05, 4.69) is 6.58 Å². The minimum Gasteiger partial charge on any atom is -0.274 e. The normalized spacial score (nSPS) is 12.4. The van der Waals surface area contributed by atoms with Crippen molar-refractivity contribution in [1.82, 2.24) is 4.72 Å². The Labute approximate surface area is 78.4 Å². The lowest BCUT2D eigenvalue weighted by molar-refractivity contribution is -0.117. The van der Waals surface area contributed by atoms with E-state index in [1.807, 2.05) is 4.72 Å². The Balaban J connectivity index is 5.04. The number of hydrogen-bond donors (Lipinski definition) is 1. The number of nitrogens with one attached hydrogen (secondary N) is 1. The molecular formula is C8H13NO3S. The van der Waals surface area contributed by atoms with Gasteiger partial charge in [0, 0.05) is 6.92 Å². The Morgan fingerprint density at radius 1 is 1.38 bits per heavy atom. The molecule has 0 aromatic rings. The lowest BCUT2D eigenvalue weighted by atomic mass is 10.3. The van der Waals surface area contributed by atoms with Crippen molar-refractivity contribution in [2.45, 2.75) is 20.8 Å². The van der Waals surface area contributed by atoms with Crippen molar-refractivity contribution in [3.63, 3.8) is 0 Å². The number of carbonyl (C=O) groups is 1. The first kappa shape index (κ1) is 11.9. The van der Waals surface area contributed by atoms with Crippen LogP contribution >= 0.6 is 0 Å². The van der Waals surface area contributed by atoms with E-state index in [0.717, 1.165) is 6.92 Å². The zero-order chi connectivity index (χ0) is 10.6. The predicted octanol–water partition coefficient (Wildman–Crippen LogP) is 0.932. The first-order chi connectivity index (χ1) is 5.81. The quantitative estimate of drug-likeness (QED) is 0.694. The van der Waals surface area contributed by atoms with Gasteiger partial charge in [0.15, 0.2) is 0 Å². The van der Waals surface area contributed by atoms with E-state index in [1.165, 1.54) is 6.08 Å². The molecule has 0 atom stereocenters. The van der Waals surface area contributed by atoms with Crippen LogP contribution in [0.2, 0.25) is 0 Å². The minimum atomic E-state index is -3.71. The number of rotatable bonds is 3. The standard InChI is InChI=1S/C8H13NO3S/c1-5-8(6(2)3)13(11,12)9-7(4)10/h5H,2H2,1,3-4H3,(H,9,10)/b8-5+. The van der Waals surface area contributed by atoms with Crippen LogP contribution < -0.4 is 4.72 Å². The first-order valence-corrected chi connectivity index (χ1v) is 5.15. The third-order valence-corrected chi connectivity index (χ3v) is 2.97. The highest BCUT2D eigenvalue weighted by molar-refractivity contribution is 7.94. The second-order valence-electron chi connectivity index (χ2n) is 2.59. The van der Waals surface area contributed by atoms with E-state index in [-0.39, 0.29) is 4.91 Å².